The Hall–Kier alpha value is -4.02. The number of nitrogens with one attached hydrogen (secondary N) is 1. The van der Waals surface area contributed by atoms with E-state index in [4.69, 9.17) is 9.84 Å². The molecule has 1 atom stereocenters. The van der Waals surface area contributed by atoms with Crippen LogP contribution in [-0.4, -0.2) is 54.2 Å². The third-order valence-electron chi connectivity index (χ3n) is 6.33. The number of hydrogen-bond acceptors (Lipinski definition) is 5. The summed E-state index contributed by atoms with van der Waals surface area (Å²) < 4.78 is 35.6. The molecular formula is C29H26F2N4O3S. The predicted octanol–water partition coefficient (Wildman–Crippen LogP) is 4.75. The van der Waals surface area contributed by atoms with Crippen molar-refractivity contribution in [3.63, 3.8) is 0 Å². The molecule has 0 bridgehead atoms. The van der Waals surface area contributed by atoms with Gasteiger partial charge in [-0.05, 0) is 30.3 Å². The lowest BCUT2D eigenvalue weighted by atomic mass is 9.99. The number of anilines is 1. The van der Waals surface area contributed by atoms with Gasteiger partial charge in [0.25, 0.3) is 0 Å². The highest BCUT2D eigenvalue weighted by Gasteiger charge is 2.38. The fourth-order valence-corrected chi connectivity index (χ4v) is 5.74. The summed E-state index contributed by atoms with van der Waals surface area (Å²) in [5.74, 6) is -1.20. The molecule has 1 N–H and O–H groups in total. The van der Waals surface area contributed by atoms with E-state index >= 15 is 4.39 Å². The number of methoxy groups -OCH3 is 1. The molecule has 0 saturated carbocycles. The van der Waals surface area contributed by atoms with Crippen LogP contribution < -0.4 is 10.2 Å². The number of aromatic nitrogens is 2. The van der Waals surface area contributed by atoms with Crippen LogP contribution in [0.2, 0.25) is 0 Å². The van der Waals surface area contributed by atoms with Gasteiger partial charge in [-0.25, -0.2) is 13.5 Å². The normalized spacial score (nSPS) is 15.1. The molecule has 1 aromatic heterocycles. The maximum absolute atomic E-state index is 15.2. The molecule has 0 spiro atoms. The first-order valence-corrected chi connectivity index (χ1v) is 13.4. The highest BCUT2D eigenvalue weighted by molar-refractivity contribution is 8.00. The topological polar surface area (TPSA) is 76.5 Å². The molecule has 0 saturated heterocycles. The summed E-state index contributed by atoms with van der Waals surface area (Å²) in [5, 5.41) is 7.04. The lowest BCUT2D eigenvalue weighted by Gasteiger charge is -2.23. The van der Waals surface area contributed by atoms with Crippen LogP contribution in [0.4, 0.5) is 14.6 Å². The summed E-state index contributed by atoms with van der Waals surface area (Å²) in [5.41, 5.74) is 2.78. The number of fused-ring (bicyclic) bond motifs is 1. The lowest BCUT2D eigenvalue weighted by Crippen LogP contribution is -2.43. The van der Waals surface area contributed by atoms with Crippen LogP contribution in [0.3, 0.4) is 0 Å². The number of carbonyl (C=O) groups excluding carboxylic acids is 2. The van der Waals surface area contributed by atoms with Crippen LogP contribution in [0.15, 0.2) is 78.9 Å². The van der Waals surface area contributed by atoms with E-state index in [9.17, 15) is 14.0 Å². The molecule has 0 unspecified atom stereocenters. The zero-order chi connectivity index (χ0) is 27.4. The maximum atomic E-state index is 15.2. The number of ether oxygens (including phenoxy) is 1. The second-order valence-electron chi connectivity index (χ2n) is 8.88. The molecule has 2 heterocycles. The van der Waals surface area contributed by atoms with E-state index < -0.39 is 16.9 Å². The molecule has 4 aromatic rings. The molecule has 200 valence electrons. The van der Waals surface area contributed by atoms with Crippen molar-refractivity contribution in [3.05, 3.63) is 102 Å². The van der Waals surface area contributed by atoms with Gasteiger partial charge in [0.1, 0.15) is 24.0 Å². The molecule has 0 aliphatic carbocycles. The van der Waals surface area contributed by atoms with Gasteiger partial charge in [0.15, 0.2) is 0 Å². The number of halogens is 2. The van der Waals surface area contributed by atoms with Crippen molar-refractivity contribution in [2.75, 3.05) is 37.5 Å². The molecule has 7 nitrogen and oxygen atoms in total. The standard InChI is InChI=1S/C29H26F2N4O3S/c1-38-16-15-32-24(36)17-34-25(37)18-39-28(22-9-5-6-10-23(22)31)26-27(19-7-3-2-4-8-19)33-35(29(26)34)21-13-11-20(30)12-14-21/h2-14,28H,15-18H2,1H3,(H,32,36)/t28-/m0/s1. The highest BCUT2D eigenvalue weighted by Crippen LogP contribution is 2.49. The Balaban J connectivity index is 1.76. The molecule has 3 aromatic carbocycles. The first-order valence-electron chi connectivity index (χ1n) is 12.3. The molecule has 39 heavy (non-hydrogen) atoms. The quantitative estimate of drug-likeness (QED) is 0.322. The Morgan fingerprint density at radius 2 is 1.77 bits per heavy atom. The Bertz CT molecular complexity index is 1480. The van der Waals surface area contributed by atoms with Crippen molar-refractivity contribution < 1.29 is 23.1 Å². The Morgan fingerprint density at radius 3 is 2.49 bits per heavy atom. The van der Waals surface area contributed by atoms with Crippen LogP contribution in [-0.2, 0) is 14.3 Å². The zero-order valence-corrected chi connectivity index (χ0v) is 22.0. The first kappa shape index (κ1) is 26.6. The predicted molar refractivity (Wildman–Crippen MR) is 147 cm³/mol. The van der Waals surface area contributed by atoms with Crippen molar-refractivity contribution in [2.45, 2.75) is 5.25 Å². The second-order valence-corrected chi connectivity index (χ2v) is 9.97. The van der Waals surface area contributed by atoms with E-state index in [0.717, 1.165) is 5.56 Å². The summed E-state index contributed by atoms with van der Waals surface area (Å²) in [6.45, 7) is 0.326. The number of rotatable bonds is 8. The number of nitrogens with zero attached hydrogens (tertiary/aromatic N) is 3. The van der Waals surface area contributed by atoms with E-state index in [-0.39, 0.29) is 30.7 Å². The van der Waals surface area contributed by atoms with Gasteiger partial charge in [-0.3, -0.25) is 14.5 Å². The van der Waals surface area contributed by atoms with E-state index in [2.05, 4.69) is 5.32 Å². The minimum absolute atomic E-state index is 0.0106. The van der Waals surface area contributed by atoms with Crippen molar-refractivity contribution >= 4 is 29.4 Å². The third-order valence-corrected chi connectivity index (χ3v) is 7.56. The second kappa shape index (κ2) is 11.8. The number of hydrogen-bond donors (Lipinski definition) is 1. The van der Waals surface area contributed by atoms with Gasteiger partial charge >= 0.3 is 0 Å². The van der Waals surface area contributed by atoms with Crippen LogP contribution >= 0.6 is 11.8 Å². The summed E-state index contributed by atoms with van der Waals surface area (Å²) in [6, 6.07) is 21.5. The average Bonchev–Trinajstić information content (AvgIpc) is 3.27. The molecule has 5 rings (SSSR count). The number of carbonyl (C=O) groups is 2. The van der Waals surface area contributed by atoms with Crippen molar-refractivity contribution in [3.8, 4) is 16.9 Å². The minimum atomic E-state index is -0.601. The SMILES string of the molecule is COCCNC(=O)CN1C(=O)CS[C@@H](c2ccccc2F)c2c(-c3ccccc3)nn(-c3ccc(F)cc3)c21. The fourth-order valence-electron chi connectivity index (χ4n) is 4.52. The number of thioether (sulfide) groups is 1. The highest BCUT2D eigenvalue weighted by atomic mass is 32.2. The number of benzene rings is 3. The monoisotopic (exact) mass is 548 g/mol. The van der Waals surface area contributed by atoms with Crippen LogP contribution in [0, 0.1) is 11.6 Å². The van der Waals surface area contributed by atoms with Gasteiger partial charge in [-0.15, -0.1) is 11.8 Å². The summed E-state index contributed by atoms with van der Waals surface area (Å²) >= 11 is 1.28. The van der Waals surface area contributed by atoms with Gasteiger partial charge in [-0.2, -0.15) is 5.10 Å². The molecule has 1 aliphatic heterocycles. The fraction of sp³-hybridized carbons (Fsp3) is 0.207. The minimum Gasteiger partial charge on any atom is -0.383 e. The summed E-state index contributed by atoms with van der Waals surface area (Å²) in [6.07, 6.45) is 0. The van der Waals surface area contributed by atoms with Crippen LogP contribution in [0.5, 0.6) is 0 Å². The Morgan fingerprint density at radius 1 is 1.05 bits per heavy atom. The maximum Gasteiger partial charge on any atom is 0.240 e. The van der Waals surface area contributed by atoms with Crippen LogP contribution in [0.1, 0.15) is 16.4 Å². The van der Waals surface area contributed by atoms with Gasteiger partial charge in [0.2, 0.25) is 11.8 Å². The van der Waals surface area contributed by atoms with Crippen molar-refractivity contribution in [1.29, 1.82) is 0 Å². The van der Waals surface area contributed by atoms with E-state index in [1.165, 1.54) is 46.7 Å². The van der Waals surface area contributed by atoms with Gasteiger partial charge in [0, 0.05) is 30.3 Å². The average molecular weight is 549 g/mol. The Kier molecular flexibility index (Phi) is 8.04. The van der Waals surface area contributed by atoms with Crippen molar-refractivity contribution in [1.82, 2.24) is 15.1 Å². The molecule has 0 radical (unpaired) electrons. The lowest BCUT2D eigenvalue weighted by molar-refractivity contribution is -0.123. The molecule has 0 fully saturated rings. The van der Waals surface area contributed by atoms with Gasteiger partial charge in [0.05, 0.1) is 29.0 Å². The van der Waals surface area contributed by atoms with E-state index in [0.29, 0.717) is 34.9 Å². The van der Waals surface area contributed by atoms with Crippen molar-refractivity contribution in [2.24, 2.45) is 0 Å². The Labute approximate surface area is 228 Å². The molecular weight excluding hydrogens is 522 g/mol. The van der Waals surface area contributed by atoms with Gasteiger partial charge < -0.3 is 10.1 Å². The largest absolute Gasteiger partial charge is 0.383 e. The molecule has 2 amide bonds. The first-order chi connectivity index (χ1) is 19.0. The smallest absolute Gasteiger partial charge is 0.240 e. The summed E-state index contributed by atoms with van der Waals surface area (Å²) in [4.78, 5) is 27.9. The number of amides is 2. The van der Waals surface area contributed by atoms with E-state index in [1.807, 2.05) is 30.3 Å². The summed E-state index contributed by atoms with van der Waals surface area (Å²) in [7, 11) is 1.53. The molecule has 10 heteroatoms. The van der Waals surface area contributed by atoms with Gasteiger partial charge in [-0.1, -0.05) is 48.5 Å². The third kappa shape index (κ3) is 5.57. The molecule has 1 aliphatic rings. The zero-order valence-electron chi connectivity index (χ0n) is 21.1. The van der Waals surface area contributed by atoms with Crippen LogP contribution in [0.25, 0.3) is 16.9 Å². The van der Waals surface area contributed by atoms with E-state index in [1.54, 1.807) is 30.3 Å².